The predicted octanol–water partition coefficient (Wildman–Crippen LogP) is 1.19. The molecule has 0 amide bonds. The molecule has 0 aromatic heterocycles. The second-order valence-corrected chi connectivity index (χ2v) is 3.79. The third kappa shape index (κ3) is 2.46. The highest BCUT2D eigenvalue weighted by atomic mass is 16.5. The van der Waals surface area contributed by atoms with E-state index in [0.717, 1.165) is 36.8 Å². The summed E-state index contributed by atoms with van der Waals surface area (Å²) in [5.74, 6) is 1.73. The molecule has 1 aromatic rings. The van der Waals surface area contributed by atoms with Gasteiger partial charge in [-0.3, -0.25) is 0 Å². The van der Waals surface area contributed by atoms with Crippen LogP contribution >= 0.6 is 0 Å². The lowest BCUT2D eigenvalue weighted by Crippen LogP contribution is -2.45. The van der Waals surface area contributed by atoms with Crippen LogP contribution in [-0.2, 0) is 11.3 Å². The SMILES string of the molecule is COc1ccc(OC)c(CNC2COC2)c1. The molecule has 1 heterocycles. The molecule has 16 heavy (non-hydrogen) atoms. The van der Waals surface area contributed by atoms with Crippen LogP contribution < -0.4 is 14.8 Å². The molecular weight excluding hydrogens is 206 g/mol. The fourth-order valence-corrected chi connectivity index (χ4v) is 1.63. The van der Waals surface area contributed by atoms with E-state index in [4.69, 9.17) is 14.2 Å². The van der Waals surface area contributed by atoms with Crippen molar-refractivity contribution in [3.05, 3.63) is 23.8 Å². The quantitative estimate of drug-likeness (QED) is 0.814. The van der Waals surface area contributed by atoms with Crippen LogP contribution in [0.25, 0.3) is 0 Å². The first-order valence-electron chi connectivity index (χ1n) is 5.35. The molecule has 4 nitrogen and oxygen atoms in total. The Bertz CT molecular complexity index is 350. The second-order valence-electron chi connectivity index (χ2n) is 3.79. The Hall–Kier alpha value is -1.26. The summed E-state index contributed by atoms with van der Waals surface area (Å²) in [6, 6.07) is 6.28. The Kier molecular flexibility index (Phi) is 3.64. The van der Waals surface area contributed by atoms with Gasteiger partial charge in [-0.2, -0.15) is 0 Å². The van der Waals surface area contributed by atoms with E-state index in [1.165, 1.54) is 0 Å². The van der Waals surface area contributed by atoms with Gasteiger partial charge in [0.15, 0.2) is 0 Å². The Balaban J connectivity index is 2.03. The van der Waals surface area contributed by atoms with Gasteiger partial charge in [0.1, 0.15) is 11.5 Å². The fourth-order valence-electron chi connectivity index (χ4n) is 1.63. The Morgan fingerprint density at radius 2 is 2.12 bits per heavy atom. The summed E-state index contributed by atoms with van der Waals surface area (Å²) in [5.41, 5.74) is 1.11. The third-order valence-electron chi connectivity index (χ3n) is 2.71. The van der Waals surface area contributed by atoms with Crippen LogP contribution in [0, 0.1) is 0 Å². The van der Waals surface area contributed by atoms with Crippen molar-refractivity contribution in [2.75, 3.05) is 27.4 Å². The lowest BCUT2D eigenvalue weighted by atomic mass is 10.1. The summed E-state index contributed by atoms with van der Waals surface area (Å²) in [6.45, 7) is 2.37. The van der Waals surface area contributed by atoms with E-state index in [2.05, 4.69) is 5.32 Å². The van der Waals surface area contributed by atoms with Gasteiger partial charge < -0.3 is 19.5 Å². The summed E-state index contributed by atoms with van der Waals surface area (Å²) in [7, 11) is 3.34. The van der Waals surface area contributed by atoms with Crippen molar-refractivity contribution < 1.29 is 14.2 Å². The maximum absolute atomic E-state index is 5.30. The molecule has 0 atom stereocenters. The van der Waals surface area contributed by atoms with Crippen LogP contribution in [0.1, 0.15) is 5.56 Å². The van der Waals surface area contributed by atoms with Crippen molar-refractivity contribution in [1.29, 1.82) is 0 Å². The smallest absolute Gasteiger partial charge is 0.123 e. The Labute approximate surface area is 95.5 Å². The van der Waals surface area contributed by atoms with Crippen molar-refractivity contribution in [2.24, 2.45) is 0 Å². The summed E-state index contributed by atoms with van der Waals surface area (Å²) >= 11 is 0. The number of benzene rings is 1. The Morgan fingerprint density at radius 1 is 1.31 bits per heavy atom. The molecule has 1 saturated heterocycles. The summed E-state index contributed by atoms with van der Waals surface area (Å²) < 4.78 is 15.6. The van der Waals surface area contributed by atoms with E-state index in [0.29, 0.717) is 6.04 Å². The van der Waals surface area contributed by atoms with Crippen molar-refractivity contribution in [3.8, 4) is 11.5 Å². The first kappa shape index (κ1) is 11.2. The molecule has 0 unspecified atom stereocenters. The number of nitrogens with one attached hydrogen (secondary N) is 1. The highest BCUT2D eigenvalue weighted by Crippen LogP contribution is 2.23. The van der Waals surface area contributed by atoms with Gasteiger partial charge >= 0.3 is 0 Å². The van der Waals surface area contributed by atoms with E-state index in [1.807, 2.05) is 18.2 Å². The average molecular weight is 223 g/mol. The molecule has 1 aliphatic heterocycles. The first-order chi connectivity index (χ1) is 7.83. The molecule has 0 aliphatic carbocycles. The summed E-state index contributed by atoms with van der Waals surface area (Å²) in [4.78, 5) is 0. The van der Waals surface area contributed by atoms with Crippen LogP contribution in [0.5, 0.6) is 11.5 Å². The fraction of sp³-hybridized carbons (Fsp3) is 0.500. The molecule has 88 valence electrons. The van der Waals surface area contributed by atoms with Gasteiger partial charge in [0.05, 0.1) is 33.5 Å². The largest absolute Gasteiger partial charge is 0.497 e. The van der Waals surface area contributed by atoms with E-state index < -0.39 is 0 Å². The molecule has 1 N–H and O–H groups in total. The molecule has 0 bridgehead atoms. The van der Waals surface area contributed by atoms with Crippen LogP contribution in [0.15, 0.2) is 18.2 Å². The monoisotopic (exact) mass is 223 g/mol. The average Bonchev–Trinajstić information content (AvgIpc) is 2.26. The zero-order chi connectivity index (χ0) is 11.4. The highest BCUT2D eigenvalue weighted by molar-refractivity contribution is 5.40. The molecule has 0 saturated carbocycles. The second kappa shape index (κ2) is 5.18. The van der Waals surface area contributed by atoms with E-state index in [9.17, 15) is 0 Å². The zero-order valence-electron chi connectivity index (χ0n) is 9.66. The molecular formula is C12H17NO3. The number of ether oxygens (including phenoxy) is 3. The van der Waals surface area contributed by atoms with Gasteiger partial charge in [0, 0.05) is 12.1 Å². The maximum Gasteiger partial charge on any atom is 0.123 e. The van der Waals surface area contributed by atoms with Crippen molar-refractivity contribution in [3.63, 3.8) is 0 Å². The molecule has 2 rings (SSSR count). The molecule has 1 fully saturated rings. The summed E-state index contributed by atoms with van der Waals surface area (Å²) in [6.07, 6.45) is 0. The van der Waals surface area contributed by atoms with Gasteiger partial charge in [-0.25, -0.2) is 0 Å². The first-order valence-corrected chi connectivity index (χ1v) is 5.35. The van der Waals surface area contributed by atoms with Gasteiger partial charge in [-0.05, 0) is 18.2 Å². The number of methoxy groups -OCH3 is 2. The third-order valence-corrected chi connectivity index (χ3v) is 2.71. The topological polar surface area (TPSA) is 39.7 Å². The molecule has 4 heteroatoms. The Morgan fingerprint density at radius 3 is 2.69 bits per heavy atom. The van der Waals surface area contributed by atoms with Crippen LogP contribution in [0.3, 0.4) is 0 Å². The van der Waals surface area contributed by atoms with E-state index in [1.54, 1.807) is 14.2 Å². The minimum absolute atomic E-state index is 0.468. The van der Waals surface area contributed by atoms with Gasteiger partial charge in [-0.1, -0.05) is 0 Å². The van der Waals surface area contributed by atoms with Gasteiger partial charge in [0.2, 0.25) is 0 Å². The standard InChI is InChI=1S/C12H17NO3/c1-14-11-3-4-12(15-2)9(5-11)6-13-10-7-16-8-10/h3-5,10,13H,6-8H2,1-2H3. The number of hydrogen-bond acceptors (Lipinski definition) is 4. The number of rotatable bonds is 5. The van der Waals surface area contributed by atoms with Crippen molar-refractivity contribution in [2.45, 2.75) is 12.6 Å². The van der Waals surface area contributed by atoms with Gasteiger partial charge in [-0.15, -0.1) is 0 Å². The predicted molar refractivity (Wildman–Crippen MR) is 61.0 cm³/mol. The lowest BCUT2D eigenvalue weighted by Gasteiger charge is -2.27. The molecule has 1 aliphatic rings. The molecule has 0 radical (unpaired) electrons. The van der Waals surface area contributed by atoms with E-state index >= 15 is 0 Å². The van der Waals surface area contributed by atoms with E-state index in [-0.39, 0.29) is 0 Å². The van der Waals surface area contributed by atoms with Crippen molar-refractivity contribution in [1.82, 2.24) is 5.32 Å². The maximum atomic E-state index is 5.30. The lowest BCUT2D eigenvalue weighted by molar-refractivity contribution is -0.00585. The van der Waals surface area contributed by atoms with Crippen LogP contribution in [-0.4, -0.2) is 33.5 Å². The highest BCUT2D eigenvalue weighted by Gasteiger charge is 2.17. The minimum Gasteiger partial charge on any atom is -0.497 e. The summed E-state index contributed by atoms with van der Waals surface area (Å²) in [5, 5.41) is 3.40. The zero-order valence-corrected chi connectivity index (χ0v) is 9.66. The molecule has 1 aromatic carbocycles. The normalized spacial score (nSPS) is 15.6. The minimum atomic E-state index is 0.468. The van der Waals surface area contributed by atoms with Gasteiger partial charge in [0.25, 0.3) is 0 Å². The van der Waals surface area contributed by atoms with Crippen LogP contribution in [0.2, 0.25) is 0 Å². The molecule has 0 spiro atoms. The van der Waals surface area contributed by atoms with Crippen molar-refractivity contribution >= 4 is 0 Å². The van der Waals surface area contributed by atoms with Crippen LogP contribution in [0.4, 0.5) is 0 Å². The number of hydrogen-bond donors (Lipinski definition) is 1.